The first-order chi connectivity index (χ1) is 10.6. The van der Waals surface area contributed by atoms with E-state index >= 15 is 0 Å². The third-order valence-corrected chi connectivity index (χ3v) is 4.60. The summed E-state index contributed by atoms with van der Waals surface area (Å²) in [6, 6.07) is 1.96. The molecule has 0 aliphatic carbocycles. The van der Waals surface area contributed by atoms with E-state index in [0.29, 0.717) is 24.1 Å². The van der Waals surface area contributed by atoms with E-state index in [1.165, 1.54) is 6.07 Å². The average molecular weight is 308 g/mol. The van der Waals surface area contributed by atoms with Gasteiger partial charge >= 0.3 is 0 Å². The molecule has 2 saturated heterocycles. The molecule has 22 heavy (non-hydrogen) atoms. The Labute approximate surface area is 130 Å². The smallest absolute Gasteiger partial charge is 0.227 e. The van der Waals surface area contributed by atoms with E-state index < -0.39 is 0 Å². The minimum absolute atomic E-state index is 0.252. The zero-order valence-corrected chi connectivity index (χ0v) is 13.1. The summed E-state index contributed by atoms with van der Waals surface area (Å²) in [5.74, 6) is 0.667. The summed E-state index contributed by atoms with van der Waals surface area (Å²) in [6.45, 7) is 7.84. The van der Waals surface area contributed by atoms with Crippen molar-refractivity contribution in [3.63, 3.8) is 0 Å². The van der Waals surface area contributed by atoms with Crippen LogP contribution in [0, 0.1) is 6.92 Å². The molecular weight excluding hydrogens is 284 g/mol. The summed E-state index contributed by atoms with van der Waals surface area (Å²) in [5, 5.41) is 9.85. The molecule has 122 valence electrons. The number of ether oxygens (including phenoxy) is 1. The lowest BCUT2D eigenvalue weighted by atomic mass is 10.1. The van der Waals surface area contributed by atoms with E-state index in [9.17, 15) is 9.90 Å². The van der Waals surface area contributed by atoms with Crippen molar-refractivity contribution < 1.29 is 14.3 Å². The van der Waals surface area contributed by atoms with Crippen molar-refractivity contribution in [2.45, 2.75) is 32.4 Å². The molecule has 0 spiro atoms. The van der Waals surface area contributed by atoms with E-state index in [-0.39, 0.29) is 11.2 Å². The highest BCUT2D eigenvalue weighted by molar-refractivity contribution is 5.24. The number of rotatable bonds is 3. The van der Waals surface area contributed by atoms with Crippen LogP contribution in [0.25, 0.3) is 0 Å². The van der Waals surface area contributed by atoms with Crippen molar-refractivity contribution in [3.8, 4) is 5.75 Å². The molecule has 2 aliphatic rings. The monoisotopic (exact) mass is 308 g/mol. The maximum Gasteiger partial charge on any atom is 0.227 e. The molecule has 6 nitrogen and oxygen atoms in total. The number of aromatic hydroxyl groups is 1. The van der Waals surface area contributed by atoms with Crippen LogP contribution in [-0.2, 0) is 11.3 Å². The molecule has 0 saturated carbocycles. The molecule has 1 aromatic rings. The molecule has 3 rings (SSSR count). The average Bonchev–Trinajstić information content (AvgIpc) is 2.54. The first kappa shape index (κ1) is 15.5. The minimum atomic E-state index is -0.361. The van der Waals surface area contributed by atoms with Crippen molar-refractivity contribution in [2.75, 3.05) is 39.4 Å². The highest BCUT2D eigenvalue weighted by atomic mass is 16.5. The van der Waals surface area contributed by atoms with Crippen LogP contribution < -0.4 is 5.43 Å². The Bertz CT molecular complexity index is 558. The molecule has 0 unspecified atom stereocenters. The molecule has 1 N–H and O–H groups in total. The predicted octanol–water partition coefficient (Wildman–Crippen LogP) is 0.950. The van der Waals surface area contributed by atoms with Gasteiger partial charge in [0.15, 0.2) is 5.76 Å². The fraction of sp³-hybridized carbons (Fsp3) is 0.688. The Hall–Kier alpha value is -1.37. The highest BCUT2D eigenvalue weighted by Crippen LogP contribution is 2.20. The lowest BCUT2D eigenvalue weighted by Crippen LogP contribution is -2.51. The summed E-state index contributed by atoms with van der Waals surface area (Å²) in [6.07, 6.45) is 2.24. The van der Waals surface area contributed by atoms with Gasteiger partial charge in [-0.15, -0.1) is 0 Å². The molecule has 0 atom stereocenters. The summed E-state index contributed by atoms with van der Waals surface area (Å²) >= 11 is 0. The maximum absolute atomic E-state index is 11.6. The van der Waals surface area contributed by atoms with E-state index in [4.69, 9.17) is 9.15 Å². The fourth-order valence-corrected chi connectivity index (χ4v) is 3.31. The fourth-order valence-electron chi connectivity index (χ4n) is 3.31. The van der Waals surface area contributed by atoms with Crippen LogP contribution in [0.15, 0.2) is 15.3 Å². The van der Waals surface area contributed by atoms with Crippen LogP contribution in [0.4, 0.5) is 0 Å². The van der Waals surface area contributed by atoms with Gasteiger partial charge in [-0.3, -0.25) is 14.6 Å². The Balaban J connectivity index is 1.57. The number of hydrogen-bond donors (Lipinski definition) is 1. The van der Waals surface area contributed by atoms with E-state index in [2.05, 4.69) is 9.80 Å². The van der Waals surface area contributed by atoms with Gasteiger partial charge in [0.1, 0.15) is 5.76 Å². The molecule has 0 aromatic carbocycles. The molecule has 3 heterocycles. The van der Waals surface area contributed by atoms with Crippen LogP contribution in [0.5, 0.6) is 5.75 Å². The van der Waals surface area contributed by atoms with Gasteiger partial charge in [0.05, 0.1) is 6.54 Å². The Morgan fingerprint density at radius 2 is 1.91 bits per heavy atom. The molecular formula is C16H24N2O4. The topological polar surface area (TPSA) is 66.2 Å². The minimum Gasteiger partial charge on any atom is -0.502 e. The lowest BCUT2D eigenvalue weighted by Gasteiger charge is -2.40. The van der Waals surface area contributed by atoms with Gasteiger partial charge < -0.3 is 14.3 Å². The summed E-state index contributed by atoms with van der Waals surface area (Å²) in [7, 11) is 0. The van der Waals surface area contributed by atoms with Crippen molar-refractivity contribution in [1.29, 1.82) is 0 Å². The normalized spacial score (nSPS) is 22.0. The standard InChI is InChI=1S/C16H24N2O4/c1-12-10-14(19)16(20)15(22-12)11-17-4-6-18(7-5-17)13-2-8-21-9-3-13/h10,13,20H,2-9,11H2,1H3. The van der Waals surface area contributed by atoms with E-state index in [1.807, 2.05) is 0 Å². The molecule has 2 aliphatic heterocycles. The van der Waals surface area contributed by atoms with E-state index in [0.717, 1.165) is 52.2 Å². The largest absolute Gasteiger partial charge is 0.502 e. The third-order valence-electron chi connectivity index (χ3n) is 4.60. The van der Waals surface area contributed by atoms with Crippen LogP contribution in [0.2, 0.25) is 0 Å². The molecule has 1 aromatic heterocycles. The number of hydrogen-bond acceptors (Lipinski definition) is 6. The highest BCUT2D eigenvalue weighted by Gasteiger charge is 2.26. The summed E-state index contributed by atoms with van der Waals surface area (Å²) in [4.78, 5) is 16.4. The van der Waals surface area contributed by atoms with Gasteiger partial charge in [-0.25, -0.2) is 0 Å². The number of aryl methyl sites for hydroxylation is 1. The molecule has 0 amide bonds. The second-order valence-corrected chi connectivity index (χ2v) is 6.15. The van der Waals surface area contributed by atoms with E-state index in [1.54, 1.807) is 6.92 Å². The molecule has 6 heteroatoms. The van der Waals surface area contributed by atoms with Crippen LogP contribution in [-0.4, -0.2) is 60.3 Å². The predicted molar refractivity (Wildman–Crippen MR) is 82.1 cm³/mol. The van der Waals surface area contributed by atoms with Gasteiger partial charge in [-0.1, -0.05) is 0 Å². The third kappa shape index (κ3) is 3.51. The van der Waals surface area contributed by atoms with Gasteiger partial charge in [0.25, 0.3) is 0 Å². The van der Waals surface area contributed by atoms with Crippen LogP contribution in [0.3, 0.4) is 0 Å². The number of nitrogens with zero attached hydrogens (tertiary/aromatic N) is 2. The Morgan fingerprint density at radius 1 is 1.23 bits per heavy atom. The van der Waals surface area contributed by atoms with Crippen molar-refractivity contribution in [2.24, 2.45) is 0 Å². The molecule has 0 bridgehead atoms. The number of piperazine rings is 1. The van der Waals surface area contributed by atoms with Crippen LogP contribution >= 0.6 is 0 Å². The van der Waals surface area contributed by atoms with Crippen molar-refractivity contribution in [3.05, 3.63) is 27.8 Å². The zero-order valence-electron chi connectivity index (χ0n) is 13.1. The molecule has 0 radical (unpaired) electrons. The molecule has 2 fully saturated rings. The zero-order chi connectivity index (χ0) is 15.5. The lowest BCUT2D eigenvalue weighted by molar-refractivity contribution is 0.0114. The van der Waals surface area contributed by atoms with Gasteiger partial charge in [-0.2, -0.15) is 0 Å². The van der Waals surface area contributed by atoms with Crippen molar-refractivity contribution >= 4 is 0 Å². The maximum atomic E-state index is 11.6. The van der Waals surface area contributed by atoms with Crippen molar-refractivity contribution in [1.82, 2.24) is 9.80 Å². The van der Waals surface area contributed by atoms with Crippen LogP contribution in [0.1, 0.15) is 24.4 Å². The van der Waals surface area contributed by atoms with Gasteiger partial charge in [-0.05, 0) is 19.8 Å². The quantitative estimate of drug-likeness (QED) is 0.897. The summed E-state index contributed by atoms with van der Waals surface area (Å²) < 4.78 is 10.9. The second-order valence-electron chi connectivity index (χ2n) is 6.15. The van der Waals surface area contributed by atoms with Gasteiger partial charge in [0, 0.05) is 51.5 Å². The SMILES string of the molecule is Cc1cc(=O)c(O)c(CN2CCN(C3CCOCC3)CC2)o1. The summed E-state index contributed by atoms with van der Waals surface area (Å²) in [5.41, 5.74) is -0.361. The van der Waals surface area contributed by atoms with Gasteiger partial charge in [0.2, 0.25) is 11.2 Å². The first-order valence-electron chi connectivity index (χ1n) is 8.00. The Kier molecular flexibility index (Phi) is 4.81. The second kappa shape index (κ2) is 6.81. The first-order valence-corrected chi connectivity index (χ1v) is 8.00. The Morgan fingerprint density at radius 3 is 2.59 bits per heavy atom.